The van der Waals surface area contributed by atoms with Crippen LogP contribution in [0.5, 0.6) is 11.5 Å². The number of ether oxygens (including phenoxy) is 2. The van der Waals surface area contributed by atoms with Crippen molar-refractivity contribution in [1.29, 1.82) is 0 Å². The second-order valence-electron chi connectivity index (χ2n) is 8.15. The number of hydrogen-bond donors (Lipinski definition) is 2. The first-order valence-electron chi connectivity index (χ1n) is 10.8. The first-order valence-corrected chi connectivity index (χ1v) is 10.8. The molecule has 2 amide bonds. The number of carbonyl (C=O) groups is 2. The summed E-state index contributed by atoms with van der Waals surface area (Å²) in [6, 6.07) is 9.02. The Kier molecular flexibility index (Phi) is 6.96. The largest absolute Gasteiger partial charge is 0.493 e. The van der Waals surface area contributed by atoms with Crippen molar-refractivity contribution in [3.05, 3.63) is 47.9 Å². The van der Waals surface area contributed by atoms with Crippen LogP contribution in [0.3, 0.4) is 0 Å². The van der Waals surface area contributed by atoms with E-state index in [0.29, 0.717) is 62.9 Å². The lowest BCUT2D eigenvalue weighted by molar-refractivity contribution is -0.119. The molecular weight excluding hydrogens is 414 g/mol. The number of methoxy groups -OCH3 is 1. The van der Waals surface area contributed by atoms with Crippen LogP contribution in [-0.4, -0.2) is 85.8 Å². The predicted octanol–water partition coefficient (Wildman–Crippen LogP) is 1.09. The van der Waals surface area contributed by atoms with Gasteiger partial charge in [-0.25, -0.2) is 0 Å². The van der Waals surface area contributed by atoms with E-state index >= 15 is 0 Å². The molecule has 0 radical (unpaired) electrons. The van der Waals surface area contributed by atoms with Crippen LogP contribution in [0, 0.1) is 0 Å². The van der Waals surface area contributed by atoms with Crippen LogP contribution in [0.2, 0.25) is 0 Å². The molecule has 9 nitrogen and oxygen atoms in total. The highest BCUT2D eigenvalue weighted by Crippen LogP contribution is 2.33. The van der Waals surface area contributed by atoms with Gasteiger partial charge >= 0.3 is 0 Å². The Morgan fingerprint density at radius 1 is 1.25 bits per heavy atom. The minimum absolute atomic E-state index is 0.0506. The van der Waals surface area contributed by atoms with Gasteiger partial charge < -0.3 is 29.2 Å². The highest BCUT2D eigenvalue weighted by molar-refractivity contribution is 5.91. The summed E-state index contributed by atoms with van der Waals surface area (Å²) < 4.78 is 16.5. The van der Waals surface area contributed by atoms with E-state index in [0.717, 1.165) is 5.56 Å². The number of hydrogen-bond acceptors (Lipinski definition) is 7. The fraction of sp³-hybridized carbons (Fsp3) is 0.478. The molecule has 9 heteroatoms. The summed E-state index contributed by atoms with van der Waals surface area (Å²) in [6.07, 6.45) is 1.27. The van der Waals surface area contributed by atoms with Crippen LogP contribution in [0.1, 0.15) is 28.5 Å². The van der Waals surface area contributed by atoms with E-state index in [4.69, 9.17) is 13.9 Å². The smallest absolute Gasteiger partial charge is 0.289 e. The number of aliphatic hydroxyl groups is 1. The SMILES string of the molecule is COc1ccc(C2CNC(=O)C2)cc1OCC(O)CN1CCN(C(=O)c2ccco2)CC1. The Bertz CT molecular complexity index is 924. The van der Waals surface area contributed by atoms with E-state index in [9.17, 15) is 14.7 Å². The molecule has 1 aromatic heterocycles. The lowest BCUT2D eigenvalue weighted by atomic mass is 9.98. The Balaban J connectivity index is 1.26. The molecule has 32 heavy (non-hydrogen) atoms. The molecule has 2 aliphatic heterocycles. The maximum Gasteiger partial charge on any atom is 0.289 e. The van der Waals surface area contributed by atoms with Gasteiger partial charge in [-0.1, -0.05) is 6.07 Å². The number of nitrogens with zero attached hydrogens (tertiary/aromatic N) is 2. The van der Waals surface area contributed by atoms with Gasteiger partial charge in [-0.05, 0) is 29.8 Å². The standard InChI is InChI=1S/C23H29N3O6/c1-30-19-5-4-16(17-12-22(28)24-13-17)11-21(19)32-15-18(27)14-25-6-8-26(9-7-25)23(29)20-3-2-10-31-20/h2-5,10-11,17-18,27H,6-9,12-15H2,1H3,(H,24,28). The Hall–Kier alpha value is -3.04. The highest BCUT2D eigenvalue weighted by atomic mass is 16.5. The molecule has 2 fully saturated rings. The van der Waals surface area contributed by atoms with Crippen LogP contribution in [-0.2, 0) is 4.79 Å². The monoisotopic (exact) mass is 443 g/mol. The minimum Gasteiger partial charge on any atom is -0.493 e. The molecule has 0 saturated carbocycles. The Labute approximate surface area is 186 Å². The summed E-state index contributed by atoms with van der Waals surface area (Å²) in [5.41, 5.74) is 1.01. The number of amides is 2. The van der Waals surface area contributed by atoms with E-state index in [1.54, 1.807) is 24.1 Å². The van der Waals surface area contributed by atoms with Crippen molar-refractivity contribution in [3.8, 4) is 11.5 Å². The molecule has 2 unspecified atom stereocenters. The normalized spacial score (nSPS) is 20.1. The zero-order valence-corrected chi connectivity index (χ0v) is 18.2. The van der Waals surface area contributed by atoms with Gasteiger partial charge in [0, 0.05) is 51.6 Å². The van der Waals surface area contributed by atoms with Gasteiger partial charge in [0.25, 0.3) is 5.91 Å². The molecule has 2 aliphatic rings. The van der Waals surface area contributed by atoms with Gasteiger partial charge in [0.05, 0.1) is 13.4 Å². The number of benzene rings is 1. The third kappa shape index (κ3) is 5.23. The number of β-amino-alcohol motifs (C(OH)–C–C–N with tert-alkyl or cyclic N) is 1. The number of nitrogens with one attached hydrogen (secondary N) is 1. The lowest BCUT2D eigenvalue weighted by Crippen LogP contribution is -2.50. The van der Waals surface area contributed by atoms with E-state index in [-0.39, 0.29) is 24.3 Å². The van der Waals surface area contributed by atoms with Gasteiger partial charge in [0.2, 0.25) is 5.91 Å². The molecule has 0 spiro atoms. The number of piperazine rings is 1. The predicted molar refractivity (Wildman–Crippen MR) is 116 cm³/mol. The number of aliphatic hydroxyl groups excluding tert-OH is 1. The minimum atomic E-state index is -0.689. The second-order valence-corrected chi connectivity index (χ2v) is 8.15. The van der Waals surface area contributed by atoms with Crippen LogP contribution in [0.15, 0.2) is 41.0 Å². The first-order chi connectivity index (χ1) is 15.5. The van der Waals surface area contributed by atoms with Gasteiger partial charge in [-0.3, -0.25) is 14.5 Å². The zero-order valence-electron chi connectivity index (χ0n) is 18.2. The maximum atomic E-state index is 12.4. The molecule has 2 N–H and O–H groups in total. The Morgan fingerprint density at radius 3 is 2.72 bits per heavy atom. The van der Waals surface area contributed by atoms with Crippen molar-refractivity contribution in [3.63, 3.8) is 0 Å². The van der Waals surface area contributed by atoms with Gasteiger partial charge in [-0.15, -0.1) is 0 Å². The molecule has 4 rings (SSSR count). The number of rotatable bonds is 8. The van der Waals surface area contributed by atoms with Crippen molar-refractivity contribution in [1.82, 2.24) is 15.1 Å². The van der Waals surface area contributed by atoms with Crippen LogP contribution in [0.4, 0.5) is 0 Å². The summed E-state index contributed by atoms with van der Waals surface area (Å²) in [5, 5.41) is 13.4. The average molecular weight is 444 g/mol. The fourth-order valence-electron chi connectivity index (χ4n) is 4.13. The van der Waals surface area contributed by atoms with Crippen LogP contribution >= 0.6 is 0 Å². The second kappa shape index (κ2) is 10.1. The van der Waals surface area contributed by atoms with Crippen molar-refractivity contribution in [2.45, 2.75) is 18.4 Å². The summed E-state index contributed by atoms with van der Waals surface area (Å²) in [7, 11) is 1.57. The van der Waals surface area contributed by atoms with Crippen molar-refractivity contribution in [2.75, 3.05) is 53.0 Å². The molecule has 2 saturated heterocycles. The average Bonchev–Trinajstić information content (AvgIpc) is 3.50. The quantitative estimate of drug-likeness (QED) is 0.629. The molecule has 3 heterocycles. The summed E-state index contributed by atoms with van der Waals surface area (Å²) in [5.74, 6) is 1.54. The molecule has 0 aliphatic carbocycles. The van der Waals surface area contributed by atoms with Gasteiger partial charge in [0.15, 0.2) is 17.3 Å². The Morgan fingerprint density at radius 2 is 2.06 bits per heavy atom. The topological polar surface area (TPSA) is 104 Å². The van der Waals surface area contributed by atoms with Gasteiger partial charge in [-0.2, -0.15) is 0 Å². The van der Waals surface area contributed by atoms with Crippen LogP contribution < -0.4 is 14.8 Å². The molecule has 2 atom stereocenters. The summed E-state index contributed by atoms with van der Waals surface area (Å²) in [4.78, 5) is 27.8. The third-order valence-electron chi connectivity index (χ3n) is 5.93. The van der Waals surface area contributed by atoms with Crippen molar-refractivity contribution < 1.29 is 28.6 Å². The van der Waals surface area contributed by atoms with E-state index < -0.39 is 6.10 Å². The van der Waals surface area contributed by atoms with Gasteiger partial charge in [0.1, 0.15) is 12.7 Å². The summed E-state index contributed by atoms with van der Waals surface area (Å²) >= 11 is 0. The molecular formula is C23H29N3O6. The maximum absolute atomic E-state index is 12.4. The van der Waals surface area contributed by atoms with Crippen LogP contribution in [0.25, 0.3) is 0 Å². The first kappa shape index (κ1) is 22.2. The molecule has 0 bridgehead atoms. The molecule has 1 aromatic carbocycles. The van der Waals surface area contributed by atoms with Crippen molar-refractivity contribution in [2.24, 2.45) is 0 Å². The lowest BCUT2D eigenvalue weighted by Gasteiger charge is -2.35. The molecule has 2 aromatic rings. The summed E-state index contributed by atoms with van der Waals surface area (Å²) in [6.45, 7) is 3.69. The van der Waals surface area contributed by atoms with Crippen molar-refractivity contribution >= 4 is 11.8 Å². The highest BCUT2D eigenvalue weighted by Gasteiger charge is 2.26. The zero-order chi connectivity index (χ0) is 22.5. The molecule has 172 valence electrons. The van der Waals surface area contributed by atoms with E-state index in [1.807, 2.05) is 18.2 Å². The fourth-order valence-corrected chi connectivity index (χ4v) is 4.13. The van der Waals surface area contributed by atoms with E-state index in [2.05, 4.69) is 10.2 Å². The number of carbonyl (C=O) groups excluding carboxylic acids is 2. The number of furan rings is 1. The van der Waals surface area contributed by atoms with E-state index in [1.165, 1.54) is 6.26 Å². The third-order valence-corrected chi connectivity index (χ3v) is 5.93.